The lowest BCUT2D eigenvalue weighted by molar-refractivity contribution is 0.302. The first kappa shape index (κ1) is 15.4. The van der Waals surface area contributed by atoms with Crippen molar-refractivity contribution in [3.05, 3.63) is 60.7 Å². The lowest BCUT2D eigenvalue weighted by Crippen LogP contribution is -2.20. The van der Waals surface area contributed by atoms with E-state index in [9.17, 15) is 0 Å². The van der Waals surface area contributed by atoms with Crippen LogP contribution in [0.4, 0.5) is 0 Å². The van der Waals surface area contributed by atoms with E-state index in [0.29, 0.717) is 6.04 Å². The minimum absolute atomic E-state index is 0.378. The largest absolute Gasteiger partial charge is 0.314 e. The monoisotopic (exact) mass is 310 g/mol. The molecule has 1 aromatic carbocycles. The van der Waals surface area contributed by atoms with Crippen LogP contribution in [0, 0.1) is 0 Å². The number of hydrogen-bond donors (Lipinski definition) is 0. The van der Waals surface area contributed by atoms with Gasteiger partial charge in [0, 0.05) is 30.7 Å². The van der Waals surface area contributed by atoms with Crippen molar-refractivity contribution in [1.82, 2.24) is 29.2 Å². The molecule has 0 saturated heterocycles. The van der Waals surface area contributed by atoms with E-state index in [-0.39, 0.29) is 0 Å². The van der Waals surface area contributed by atoms with Crippen molar-refractivity contribution in [2.75, 3.05) is 7.05 Å². The van der Waals surface area contributed by atoms with Crippen molar-refractivity contribution in [2.24, 2.45) is 0 Å². The smallest absolute Gasteiger partial charge is 0.147 e. The summed E-state index contributed by atoms with van der Waals surface area (Å²) in [6, 6.07) is 8.91. The summed E-state index contributed by atoms with van der Waals surface area (Å²) in [7, 11) is 2.10. The SMILES string of the molecule is CC(C)n1cnnc1CN(C)Cc1ccc(-n2ccnc2)cc1. The van der Waals surface area contributed by atoms with Crippen LogP contribution in [0.3, 0.4) is 0 Å². The van der Waals surface area contributed by atoms with Crippen LogP contribution in [-0.2, 0) is 13.1 Å². The fourth-order valence-corrected chi connectivity index (χ4v) is 2.61. The van der Waals surface area contributed by atoms with Gasteiger partial charge in [-0.05, 0) is 38.6 Å². The van der Waals surface area contributed by atoms with E-state index in [4.69, 9.17) is 0 Å². The Balaban J connectivity index is 1.63. The van der Waals surface area contributed by atoms with Gasteiger partial charge in [0.2, 0.25) is 0 Å². The summed E-state index contributed by atoms with van der Waals surface area (Å²) in [6.07, 6.45) is 7.33. The summed E-state index contributed by atoms with van der Waals surface area (Å²) in [5.74, 6) is 0.998. The minimum atomic E-state index is 0.378. The molecule has 0 N–H and O–H groups in total. The van der Waals surface area contributed by atoms with Gasteiger partial charge in [-0.2, -0.15) is 0 Å². The summed E-state index contributed by atoms with van der Waals surface area (Å²) in [4.78, 5) is 6.32. The second-order valence-electron chi connectivity index (χ2n) is 6.06. The highest BCUT2D eigenvalue weighted by molar-refractivity contribution is 5.34. The Morgan fingerprint density at radius 1 is 1.09 bits per heavy atom. The van der Waals surface area contributed by atoms with E-state index in [1.54, 1.807) is 18.9 Å². The van der Waals surface area contributed by atoms with E-state index in [1.165, 1.54) is 5.56 Å². The second-order valence-corrected chi connectivity index (χ2v) is 6.06. The zero-order valence-corrected chi connectivity index (χ0v) is 13.8. The van der Waals surface area contributed by atoms with Gasteiger partial charge in [0.1, 0.15) is 12.2 Å². The topological polar surface area (TPSA) is 51.8 Å². The maximum absolute atomic E-state index is 4.23. The van der Waals surface area contributed by atoms with Crippen molar-refractivity contribution in [3.8, 4) is 5.69 Å². The number of benzene rings is 1. The molecule has 2 heterocycles. The molecule has 3 aromatic rings. The van der Waals surface area contributed by atoms with Crippen LogP contribution in [0.15, 0.2) is 49.3 Å². The summed E-state index contributed by atoms with van der Waals surface area (Å²) >= 11 is 0. The van der Waals surface area contributed by atoms with E-state index in [2.05, 4.69) is 69.8 Å². The van der Waals surface area contributed by atoms with Crippen LogP contribution in [0.5, 0.6) is 0 Å². The van der Waals surface area contributed by atoms with Crippen LogP contribution in [0.1, 0.15) is 31.3 Å². The van der Waals surface area contributed by atoms with Gasteiger partial charge in [-0.3, -0.25) is 4.90 Å². The summed E-state index contributed by atoms with van der Waals surface area (Å²) < 4.78 is 4.11. The molecule has 6 heteroatoms. The molecular formula is C17H22N6. The fourth-order valence-electron chi connectivity index (χ4n) is 2.61. The van der Waals surface area contributed by atoms with Crippen LogP contribution in [0.25, 0.3) is 5.69 Å². The zero-order valence-electron chi connectivity index (χ0n) is 13.8. The number of imidazole rings is 1. The van der Waals surface area contributed by atoms with E-state index < -0.39 is 0 Å². The van der Waals surface area contributed by atoms with E-state index >= 15 is 0 Å². The molecule has 0 fully saturated rings. The Hall–Kier alpha value is -2.47. The third-order valence-corrected chi connectivity index (χ3v) is 3.81. The Labute approximate surface area is 136 Å². The lowest BCUT2D eigenvalue weighted by Gasteiger charge is -2.18. The zero-order chi connectivity index (χ0) is 16.2. The van der Waals surface area contributed by atoms with Crippen molar-refractivity contribution in [3.63, 3.8) is 0 Å². The predicted molar refractivity (Wildman–Crippen MR) is 89.1 cm³/mol. The van der Waals surface area contributed by atoms with Crippen LogP contribution in [-0.4, -0.2) is 36.3 Å². The number of rotatable bonds is 6. The molecule has 120 valence electrons. The van der Waals surface area contributed by atoms with Gasteiger partial charge in [0.25, 0.3) is 0 Å². The Morgan fingerprint density at radius 3 is 2.52 bits per heavy atom. The highest BCUT2D eigenvalue weighted by Gasteiger charge is 2.10. The molecular weight excluding hydrogens is 288 g/mol. The Morgan fingerprint density at radius 2 is 1.87 bits per heavy atom. The summed E-state index contributed by atoms with van der Waals surface area (Å²) in [5.41, 5.74) is 2.39. The molecule has 0 unspecified atom stereocenters. The molecule has 3 rings (SSSR count). The highest BCUT2D eigenvalue weighted by atomic mass is 15.3. The van der Waals surface area contributed by atoms with Crippen molar-refractivity contribution >= 4 is 0 Å². The van der Waals surface area contributed by atoms with Crippen LogP contribution in [0.2, 0.25) is 0 Å². The molecule has 0 bridgehead atoms. The normalized spacial score (nSPS) is 11.5. The number of hydrogen-bond acceptors (Lipinski definition) is 4. The third kappa shape index (κ3) is 3.65. The molecule has 6 nitrogen and oxygen atoms in total. The number of nitrogens with zero attached hydrogens (tertiary/aromatic N) is 6. The predicted octanol–water partition coefficient (Wildman–Crippen LogP) is 2.68. The molecule has 0 amide bonds. The Bertz CT molecular complexity index is 727. The molecule has 0 aliphatic heterocycles. The molecule has 2 aromatic heterocycles. The quantitative estimate of drug-likeness (QED) is 0.702. The van der Waals surface area contributed by atoms with Gasteiger partial charge in [0.15, 0.2) is 0 Å². The van der Waals surface area contributed by atoms with Crippen molar-refractivity contribution < 1.29 is 0 Å². The van der Waals surface area contributed by atoms with Gasteiger partial charge in [-0.1, -0.05) is 12.1 Å². The summed E-state index contributed by atoms with van der Waals surface area (Å²) in [6.45, 7) is 5.93. The van der Waals surface area contributed by atoms with Gasteiger partial charge < -0.3 is 9.13 Å². The number of aromatic nitrogens is 5. The first-order valence-electron chi connectivity index (χ1n) is 7.77. The average Bonchev–Trinajstić information content (AvgIpc) is 3.19. The van der Waals surface area contributed by atoms with Gasteiger partial charge >= 0.3 is 0 Å². The maximum atomic E-state index is 4.23. The second kappa shape index (κ2) is 6.75. The molecule has 0 aliphatic carbocycles. The van der Waals surface area contributed by atoms with E-state index in [0.717, 1.165) is 24.6 Å². The van der Waals surface area contributed by atoms with Gasteiger partial charge in [-0.15, -0.1) is 10.2 Å². The van der Waals surface area contributed by atoms with Crippen molar-refractivity contribution in [1.29, 1.82) is 0 Å². The third-order valence-electron chi connectivity index (χ3n) is 3.81. The molecule has 0 radical (unpaired) electrons. The fraction of sp³-hybridized carbons (Fsp3) is 0.353. The first-order valence-corrected chi connectivity index (χ1v) is 7.77. The van der Waals surface area contributed by atoms with Gasteiger partial charge in [0.05, 0.1) is 12.9 Å². The maximum Gasteiger partial charge on any atom is 0.147 e. The minimum Gasteiger partial charge on any atom is -0.314 e. The molecule has 0 spiro atoms. The molecule has 0 saturated carbocycles. The van der Waals surface area contributed by atoms with Crippen LogP contribution < -0.4 is 0 Å². The Kier molecular flexibility index (Phi) is 4.52. The van der Waals surface area contributed by atoms with Gasteiger partial charge in [-0.25, -0.2) is 4.98 Å². The summed E-state index contributed by atoms with van der Waals surface area (Å²) in [5, 5.41) is 8.25. The van der Waals surface area contributed by atoms with Crippen molar-refractivity contribution in [2.45, 2.75) is 33.0 Å². The van der Waals surface area contributed by atoms with Crippen LogP contribution >= 0.6 is 0 Å². The average molecular weight is 310 g/mol. The van der Waals surface area contributed by atoms with E-state index in [1.807, 2.05) is 10.8 Å². The lowest BCUT2D eigenvalue weighted by atomic mass is 10.2. The first-order chi connectivity index (χ1) is 11.1. The highest BCUT2D eigenvalue weighted by Crippen LogP contribution is 2.13. The molecule has 23 heavy (non-hydrogen) atoms. The molecule has 0 aliphatic rings. The standard InChI is InChI=1S/C17H22N6/c1-14(2)23-13-19-20-17(23)11-21(3)10-15-4-6-16(7-5-15)22-9-8-18-12-22/h4-9,12-14H,10-11H2,1-3H3. The molecule has 0 atom stereocenters.